The molecule has 1 aromatic carbocycles. The molecule has 0 fully saturated rings. The zero-order chi connectivity index (χ0) is 17.1. The first-order valence-corrected chi connectivity index (χ1v) is 9.23. The average molecular weight is 353 g/mol. The van der Waals surface area contributed by atoms with Crippen LogP contribution >= 0.6 is 11.3 Å². The molecule has 7 heteroatoms. The highest BCUT2D eigenvalue weighted by Gasteiger charge is 2.25. The Bertz CT molecular complexity index is 844. The summed E-state index contributed by atoms with van der Waals surface area (Å²) in [4.78, 5) is 16.3. The fourth-order valence-electron chi connectivity index (χ4n) is 3.24. The topological polar surface area (TPSA) is 71.8 Å². The molecular weight excluding hydrogens is 334 g/mol. The van der Waals surface area contributed by atoms with Gasteiger partial charge in [0.25, 0.3) is 0 Å². The van der Waals surface area contributed by atoms with Gasteiger partial charge in [0.05, 0.1) is 18.8 Å². The van der Waals surface area contributed by atoms with Crippen molar-refractivity contribution in [3.05, 3.63) is 64.9 Å². The predicted molar refractivity (Wildman–Crippen MR) is 97.7 cm³/mol. The zero-order valence-corrected chi connectivity index (χ0v) is 14.5. The molecule has 0 aliphatic heterocycles. The summed E-state index contributed by atoms with van der Waals surface area (Å²) in [5, 5.41) is 12.8. The number of anilines is 1. The Morgan fingerprint density at radius 3 is 3.00 bits per heavy atom. The Kier molecular flexibility index (Phi) is 4.47. The standard InChI is InChI=1S/C18H19N5OS/c24-17(22-18-19-9-10-25-18)21-15-7-4-8-16-14(15)11-20-23(16)12-13-5-2-1-3-6-13/h1-3,5-6,9-11,15H,4,7-8,12H2,(H2,19,21,22,24)/t15-/m1/s1. The van der Waals surface area contributed by atoms with E-state index in [1.165, 1.54) is 22.6 Å². The number of hydrogen-bond donors (Lipinski definition) is 2. The Morgan fingerprint density at radius 2 is 2.20 bits per heavy atom. The normalized spacial score (nSPS) is 16.2. The molecule has 1 atom stereocenters. The maximum atomic E-state index is 12.2. The number of nitrogens with one attached hydrogen (secondary N) is 2. The number of rotatable bonds is 4. The first kappa shape index (κ1) is 15.8. The van der Waals surface area contributed by atoms with E-state index >= 15 is 0 Å². The number of benzene rings is 1. The highest BCUT2D eigenvalue weighted by Crippen LogP contribution is 2.30. The van der Waals surface area contributed by atoms with Crippen LogP contribution in [0.1, 0.15) is 35.7 Å². The molecule has 4 rings (SSSR count). The van der Waals surface area contributed by atoms with Crippen LogP contribution in [0.5, 0.6) is 0 Å². The lowest BCUT2D eigenvalue weighted by atomic mass is 9.93. The van der Waals surface area contributed by atoms with Gasteiger partial charge in [0.15, 0.2) is 5.13 Å². The van der Waals surface area contributed by atoms with E-state index in [1.54, 1.807) is 6.20 Å². The molecule has 1 aliphatic rings. The lowest BCUT2D eigenvalue weighted by Crippen LogP contribution is -2.34. The monoisotopic (exact) mass is 353 g/mol. The minimum absolute atomic E-state index is 0.00626. The van der Waals surface area contributed by atoms with Crippen LogP contribution < -0.4 is 10.6 Å². The van der Waals surface area contributed by atoms with E-state index in [1.807, 2.05) is 29.8 Å². The minimum Gasteiger partial charge on any atom is -0.331 e. The maximum absolute atomic E-state index is 12.2. The van der Waals surface area contributed by atoms with E-state index in [-0.39, 0.29) is 12.1 Å². The highest BCUT2D eigenvalue weighted by atomic mass is 32.1. The molecule has 1 aliphatic carbocycles. The number of fused-ring (bicyclic) bond motifs is 1. The Morgan fingerprint density at radius 1 is 1.32 bits per heavy atom. The molecule has 2 heterocycles. The number of carbonyl (C=O) groups is 1. The van der Waals surface area contributed by atoms with E-state index in [0.717, 1.165) is 31.4 Å². The van der Waals surface area contributed by atoms with Gasteiger partial charge in [-0.25, -0.2) is 9.78 Å². The molecule has 25 heavy (non-hydrogen) atoms. The van der Waals surface area contributed by atoms with E-state index in [9.17, 15) is 4.79 Å². The third-order valence-electron chi connectivity index (χ3n) is 4.40. The predicted octanol–water partition coefficient (Wildman–Crippen LogP) is 3.59. The zero-order valence-electron chi connectivity index (χ0n) is 13.7. The van der Waals surface area contributed by atoms with Gasteiger partial charge in [0, 0.05) is 22.8 Å². The molecule has 0 saturated heterocycles. The second-order valence-corrected chi connectivity index (χ2v) is 6.96. The molecular formula is C18H19N5OS. The summed E-state index contributed by atoms with van der Waals surface area (Å²) in [6, 6.07) is 10.1. The summed E-state index contributed by atoms with van der Waals surface area (Å²) < 4.78 is 2.05. The maximum Gasteiger partial charge on any atom is 0.321 e. The van der Waals surface area contributed by atoms with E-state index in [2.05, 4.69) is 37.5 Å². The van der Waals surface area contributed by atoms with Crippen molar-refractivity contribution in [2.45, 2.75) is 31.8 Å². The number of thiazole rings is 1. The Labute approximate surface area is 149 Å². The van der Waals surface area contributed by atoms with Crippen LogP contribution in [-0.2, 0) is 13.0 Å². The van der Waals surface area contributed by atoms with Crippen molar-refractivity contribution in [2.75, 3.05) is 5.32 Å². The van der Waals surface area contributed by atoms with Crippen molar-refractivity contribution < 1.29 is 4.79 Å². The molecule has 0 saturated carbocycles. The summed E-state index contributed by atoms with van der Waals surface area (Å²) in [5.74, 6) is 0. The number of nitrogens with zero attached hydrogens (tertiary/aromatic N) is 3. The molecule has 0 spiro atoms. The van der Waals surface area contributed by atoms with E-state index in [4.69, 9.17) is 0 Å². The van der Waals surface area contributed by atoms with Gasteiger partial charge >= 0.3 is 6.03 Å². The second-order valence-electron chi connectivity index (χ2n) is 6.07. The van der Waals surface area contributed by atoms with Crippen LogP contribution in [0.3, 0.4) is 0 Å². The molecule has 2 N–H and O–H groups in total. The van der Waals surface area contributed by atoms with Gasteiger partial charge in [-0.3, -0.25) is 10.00 Å². The molecule has 6 nitrogen and oxygen atoms in total. The molecule has 128 valence electrons. The molecule has 2 amide bonds. The van der Waals surface area contributed by atoms with Crippen molar-refractivity contribution >= 4 is 22.5 Å². The lowest BCUT2D eigenvalue weighted by Gasteiger charge is -2.24. The van der Waals surface area contributed by atoms with Crippen molar-refractivity contribution in [2.24, 2.45) is 0 Å². The molecule has 0 bridgehead atoms. The smallest absolute Gasteiger partial charge is 0.321 e. The number of urea groups is 1. The van der Waals surface area contributed by atoms with Crippen LogP contribution in [0.2, 0.25) is 0 Å². The quantitative estimate of drug-likeness (QED) is 0.753. The summed E-state index contributed by atoms with van der Waals surface area (Å²) in [7, 11) is 0. The van der Waals surface area contributed by atoms with Crippen LogP contribution in [-0.4, -0.2) is 20.8 Å². The lowest BCUT2D eigenvalue weighted by molar-refractivity contribution is 0.247. The van der Waals surface area contributed by atoms with Gasteiger partial charge in [-0.15, -0.1) is 11.3 Å². The van der Waals surface area contributed by atoms with Crippen LogP contribution in [0.25, 0.3) is 0 Å². The number of carbonyl (C=O) groups excluding carboxylic acids is 1. The van der Waals surface area contributed by atoms with Gasteiger partial charge in [-0.2, -0.15) is 5.10 Å². The number of aromatic nitrogens is 3. The third-order valence-corrected chi connectivity index (χ3v) is 5.08. The van der Waals surface area contributed by atoms with E-state index < -0.39 is 0 Å². The minimum atomic E-state index is -0.219. The molecule has 2 aromatic heterocycles. The van der Waals surface area contributed by atoms with Crippen molar-refractivity contribution in [1.82, 2.24) is 20.1 Å². The fraction of sp³-hybridized carbons (Fsp3) is 0.278. The second kappa shape index (κ2) is 7.06. The highest BCUT2D eigenvalue weighted by molar-refractivity contribution is 7.13. The van der Waals surface area contributed by atoms with Crippen molar-refractivity contribution in [3.8, 4) is 0 Å². The number of hydrogen-bond acceptors (Lipinski definition) is 4. The third kappa shape index (κ3) is 3.56. The van der Waals surface area contributed by atoms with Gasteiger partial charge in [0.1, 0.15) is 0 Å². The molecule has 0 unspecified atom stereocenters. The summed E-state index contributed by atoms with van der Waals surface area (Å²) in [5.41, 5.74) is 3.57. The fourth-order valence-corrected chi connectivity index (χ4v) is 3.76. The first-order chi connectivity index (χ1) is 12.3. The SMILES string of the molecule is O=C(Nc1nccs1)N[C@@H]1CCCc2c1cnn2Cc1ccccc1. The average Bonchev–Trinajstić information content (AvgIpc) is 3.27. The van der Waals surface area contributed by atoms with Crippen molar-refractivity contribution in [1.29, 1.82) is 0 Å². The van der Waals surface area contributed by atoms with Gasteiger partial charge in [0.2, 0.25) is 0 Å². The molecule has 3 aromatic rings. The first-order valence-electron chi connectivity index (χ1n) is 8.35. The van der Waals surface area contributed by atoms with E-state index in [0.29, 0.717) is 5.13 Å². The largest absolute Gasteiger partial charge is 0.331 e. The van der Waals surface area contributed by atoms with Gasteiger partial charge < -0.3 is 5.32 Å². The Hall–Kier alpha value is -2.67. The van der Waals surface area contributed by atoms with Crippen LogP contribution in [0, 0.1) is 0 Å². The van der Waals surface area contributed by atoms with Crippen molar-refractivity contribution in [3.63, 3.8) is 0 Å². The molecule has 0 radical (unpaired) electrons. The van der Waals surface area contributed by atoms with Gasteiger partial charge in [-0.1, -0.05) is 30.3 Å². The summed E-state index contributed by atoms with van der Waals surface area (Å²) >= 11 is 1.40. The number of amides is 2. The Balaban J connectivity index is 1.48. The van der Waals surface area contributed by atoms with Crippen LogP contribution in [0.4, 0.5) is 9.93 Å². The van der Waals surface area contributed by atoms with Gasteiger partial charge in [-0.05, 0) is 24.8 Å². The summed E-state index contributed by atoms with van der Waals surface area (Å²) in [6.45, 7) is 0.758. The summed E-state index contributed by atoms with van der Waals surface area (Å²) in [6.07, 6.45) is 6.53. The van der Waals surface area contributed by atoms with Crippen LogP contribution in [0.15, 0.2) is 48.1 Å².